The Bertz CT molecular complexity index is 406. The molecule has 2 atom stereocenters. The molecule has 0 aromatic carbocycles. The molecule has 1 fully saturated rings. The van der Waals surface area contributed by atoms with Crippen molar-refractivity contribution in [1.82, 2.24) is 4.98 Å². The van der Waals surface area contributed by atoms with Crippen molar-refractivity contribution in [2.24, 2.45) is 5.41 Å². The van der Waals surface area contributed by atoms with E-state index in [4.69, 9.17) is 11.6 Å². The van der Waals surface area contributed by atoms with Crippen LogP contribution in [0.3, 0.4) is 0 Å². The fourth-order valence-corrected chi connectivity index (χ4v) is 2.60. The maximum Gasteiger partial charge on any atom is 0.140 e. The zero-order valence-electron chi connectivity index (χ0n) is 9.72. The lowest BCUT2D eigenvalue weighted by molar-refractivity contribution is 0.168. The van der Waals surface area contributed by atoms with E-state index in [2.05, 4.69) is 47.0 Å². The van der Waals surface area contributed by atoms with E-state index in [0.29, 0.717) is 6.04 Å². The Morgan fingerprint density at radius 1 is 1.56 bits per heavy atom. The van der Waals surface area contributed by atoms with Gasteiger partial charge in [0.25, 0.3) is 0 Å². The molecule has 88 valence electrons. The molecule has 1 aromatic heterocycles. The zero-order valence-corrected chi connectivity index (χ0v) is 12.1. The van der Waals surface area contributed by atoms with Crippen LogP contribution in [0.5, 0.6) is 0 Å². The number of aromatic nitrogens is 1. The minimum Gasteiger partial charge on any atom is -0.366 e. The second kappa shape index (κ2) is 4.19. The van der Waals surface area contributed by atoms with Gasteiger partial charge in [0.2, 0.25) is 0 Å². The Morgan fingerprint density at radius 3 is 2.81 bits per heavy atom. The summed E-state index contributed by atoms with van der Waals surface area (Å²) in [6.07, 6.45) is 2.82. The van der Waals surface area contributed by atoms with Crippen LogP contribution >= 0.6 is 27.5 Å². The van der Waals surface area contributed by atoms with Crippen LogP contribution in [0.4, 0.5) is 5.82 Å². The van der Waals surface area contributed by atoms with Gasteiger partial charge in [0.05, 0.1) is 4.47 Å². The van der Waals surface area contributed by atoms with E-state index in [9.17, 15) is 0 Å². The van der Waals surface area contributed by atoms with Crippen molar-refractivity contribution < 1.29 is 0 Å². The molecule has 1 aliphatic rings. The van der Waals surface area contributed by atoms with E-state index in [1.54, 1.807) is 0 Å². The molecule has 1 heterocycles. The molecule has 0 amide bonds. The number of rotatable bonds is 2. The number of nitrogens with one attached hydrogen (secondary N) is 1. The molecule has 1 N–H and O–H groups in total. The third-order valence-corrected chi connectivity index (χ3v) is 5.28. The van der Waals surface area contributed by atoms with E-state index in [-0.39, 0.29) is 10.8 Å². The summed E-state index contributed by atoms with van der Waals surface area (Å²) in [5, 5.41) is 3.72. The molecule has 1 aromatic rings. The van der Waals surface area contributed by atoms with Crippen LogP contribution in [0.15, 0.2) is 16.7 Å². The predicted octanol–water partition coefficient (Wildman–Crippen LogP) is 3.97. The molecule has 0 radical (unpaired) electrons. The van der Waals surface area contributed by atoms with Gasteiger partial charge in [-0.1, -0.05) is 13.8 Å². The van der Waals surface area contributed by atoms with Gasteiger partial charge >= 0.3 is 0 Å². The second-order valence-electron chi connectivity index (χ2n) is 5.01. The van der Waals surface area contributed by atoms with E-state index < -0.39 is 0 Å². The molecule has 2 unspecified atom stereocenters. The monoisotopic (exact) mass is 302 g/mol. The first-order valence-electron chi connectivity index (χ1n) is 5.44. The summed E-state index contributed by atoms with van der Waals surface area (Å²) in [6, 6.07) is 2.39. The maximum atomic E-state index is 6.20. The van der Waals surface area contributed by atoms with Crippen molar-refractivity contribution in [2.45, 2.75) is 38.6 Å². The summed E-state index contributed by atoms with van der Waals surface area (Å²) in [7, 11) is 0. The number of anilines is 1. The summed E-state index contributed by atoms with van der Waals surface area (Å²) in [6.45, 7) is 6.44. The van der Waals surface area contributed by atoms with Gasteiger partial charge in [-0.3, -0.25) is 0 Å². The van der Waals surface area contributed by atoms with Gasteiger partial charge < -0.3 is 5.32 Å². The number of nitrogens with zero attached hydrogens (tertiary/aromatic N) is 1. The first-order valence-corrected chi connectivity index (χ1v) is 6.67. The Balaban J connectivity index is 2.14. The summed E-state index contributed by atoms with van der Waals surface area (Å²) in [4.78, 5) is 4.35. The lowest BCUT2D eigenvalue weighted by Crippen LogP contribution is -2.54. The van der Waals surface area contributed by atoms with Crippen LogP contribution in [-0.2, 0) is 0 Å². The highest BCUT2D eigenvalue weighted by Gasteiger charge is 2.47. The number of pyridine rings is 1. The van der Waals surface area contributed by atoms with E-state index in [1.165, 1.54) is 5.56 Å². The molecule has 0 bridgehead atoms. The fraction of sp³-hybridized carbons (Fsp3) is 0.583. The predicted molar refractivity (Wildman–Crippen MR) is 72.1 cm³/mol. The number of aryl methyl sites for hydroxylation is 1. The molecular weight excluding hydrogens is 288 g/mol. The van der Waals surface area contributed by atoms with Crippen molar-refractivity contribution in [3.63, 3.8) is 0 Å². The van der Waals surface area contributed by atoms with Crippen LogP contribution < -0.4 is 5.32 Å². The first kappa shape index (κ1) is 12.2. The summed E-state index contributed by atoms with van der Waals surface area (Å²) in [5.74, 6) is 0.918. The third kappa shape index (κ3) is 1.95. The molecule has 1 aliphatic carbocycles. The van der Waals surface area contributed by atoms with Gasteiger partial charge in [0.15, 0.2) is 0 Å². The first-order chi connectivity index (χ1) is 7.43. The van der Waals surface area contributed by atoms with Gasteiger partial charge in [-0.05, 0) is 40.9 Å². The van der Waals surface area contributed by atoms with Crippen molar-refractivity contribution in [2.75, 3.05) is 5.32 Å². The summed E-state index contributed by atoms with van der Waals surface area (Å²) in [5.41, 5.74) is 1.32. The van der Waals surface area contributed by atoms with Crippen molar-refractivity contribution in [3.8, 4) is 0 Å². The molecule has 0 saturated heterocycles. The van der Waals surface area contributed by atoms with Crippen molar-refractivity contribution >= 4 is 33.3 Å². The number of halogens is 2. The van der Waals surface area contributed by atoms with Crippen LogP contribution in [0, 0.1) is 12.3 Å². The van der Waals surface area contributed by atoms with E-state index in [1.807, 2.05) is 12.3 Å². The second-order valence-corrected chi connectivity index (χ2v) is 6.33. The van der Waals surface area contributed by atoms with Crippen molar-refractivity contribution in [1.29, 1.82) is 0 Å². The highest BCUT2D eigenvalue weighted by molar-refractivity contribution is 9.10. The molecule has 2 nitrogen and oxygen atoms in total. The van der Waals surface area contributed by atoms with E-state index >= 15 is 0 Å². The molecular formula is C12H16BrClN2. The maximum absolute atomic E-state index is 6.20. The standard InChI is InChI=1S/C12H16BrClN2/c1-7-4-5-15-11(10(7)13)16-9-6-8(14)12(9,2)3/h4-5,8-9H,6H2,1-3H3,(H,15,16). The van der Waals surface area contributed by atoms with Crippen molar-refractivity contribution in [3.05, 3.63) is 22.3 Å². The smallest absolute Gasteiger partial charge is 0.140 e. The molecule has 1 saturated carbocycles. The lowest BCUT2D eigenvalue weighted by atomic mass is 9.67. The van der Waals surface area contributed by atoms with Crippen LogP contribution in [0.25, 0.3) is 0 Å². The Morgan fingerprint density at radius 2 is 2.25 bits per heavy atom. The minimum atomic E-state index is 0.131. The third-order valence-electron chi connectivity index (χ3n) is 3.54. The number of hydrogen-bond donors (Lipinski definition) is 1. The normalized spacial score (nSPS) is 27.3. The number of hydrogen-bond acceptors (Lipinski definition) is 2. The van der Waals surface area contributed by atoms with Gasteiger partial charge in [0, 0.05) is 23.0 Å². The summed E-state index contributed by atoms with van der Waals surface area (Å²) >= 11 is 9.76. The average Bonchev–Trinajstić information content (AvgIpc) is 2.24. The van der Waals surface area contributed by atoms with E-state index in [0.717, 1.165) is 16.7 Å². The van der Waals surface area contributed by atoms with Crippen LogP contribution in [0.1, 0.15) is 25.8 Å². The average molecular weight is 304 g/mol. The topological polar surface area (TPSA) is 24.9 Å². The molecule has 0 aliphatic heterocycles. The molecule has 2 rings (SSSR count). The molecule has 16 heavy (non-hydrogen) atoms. The highest BCUT2D eigenvalue weighted by Crippen LogP contribution is 2.46. The quantitative estimate of drug-likeness (QED) is 0.836. The van der Waals surface area contributed by atoms with Gasteiger partial charge in [-0.25, -0.2) is 4.98 Å². The molecule has 0 spiro atoms. The lowest BCUT2D eigenvalue weighted by Gasteiger charge is -2.49. The SMILES string of the molecule is Cc1ccnc(NC2CC(Cl)C2(C)C)c1Br. The largest absolute Gasteiger partial charge is 0.366 e. The Kier molecular flexibility index (Phi) is 3.19. The summed E-state index contributed by atoms with van der Waals surface area (Å²) < 4.78 is 1.05. The van der Waals surface area contributed by atoms with Crippen LogP contribution in [-0.4, -0.2) is 16.4 Å². The minimum absolute atomic E-state index is 0.131. The Hall–Kier alpha value is -0.280. The van der Waals surface area contributed by atoms with Gasteiger partial charge in [-0.2, -0.15) is 0 Å². The fourth-order valence-electron chi connectivity index (χ4n) is 1.92. The number of alkyl halides is 1. The zero-order chi connectivity index (χ0) is 11.9. The molecule has 4 heteroatoms. The highest BCUT2D eigenvalue weighted by atomic mass is 79.9. The van der Waals surface area contributed by atoms with Crippen LogP contribution in [0.2, 0.25) is 0 Å². The van der Waals surface area contributed by atoms with Gasteiger partial charge in [0.1, 0.15) is 5.82 Å². The Labute approximate surface area is 110 Å². The van der Waals surface area contributed by atoms with Gasteiger partial charge in [-0.15, -0.1) is 11.6 Å².